The second kappa shape index (κ2) is 11.4. The summed E-state index contributed by atoms with van der Waals surface area (Å²) in [7, 11) is 3.80. The molecule has 12 heteroatoms. The molecule has 4 rings (SSSR count). The van der Waals surface area contributed by atoms with Crippen molar-refractivity contribution in [2.24, 2.45) is 5.10 Å². The first-order chi connectivity index (χ1) is 18.2. The molecule has 38 heavy (non-hydrogen) atoms. The lowest BCUT2D eigenvalue weighted by atomic mass is 10.1. The molecule has 0 aliphatic carbocycles. The summed E-state index contributed by atoms with van der Waals surface area (Å²) in [5.41, 5.74) is 3.74. The van der Waals surface area contributed by atoms with E-state index in [0.717, 1.165) is 11.9 Å². The van der Waals surface area contributed by atoms with E-state index in [9.17, 15) is 19.7 Å². The van der Waals surface area contributed by atoms with E-state index in [2.05, 4.69) is 15.8 Å². The van der Waals surface area contributed by atoms with Crippen LogP contribution in [0.2, 0.25) is 5.02 Å². The van der Waals surface area contributed by atoms with E-state index in [1.54, 1.807) is 30.3 Å². The van der Waals surface area contributed by atoms with Crippen molar-refractivity contribution in [2.45, 2.75) is 0 Å². The Kier molecular flexibility index (Phi) is 7.88. The van der Waals surface area contributed by atoms with Crippen molar-refractivity contribution in [2.75, 3.05) is 25.8 Å². The van der Waals surface area contributed by atoms with E-state index in [-0.39, 0.29) is 40.1 Å². The Hall–Kier alpha value is -4.90. The fraction of sp³-hybridized carbons (Fsp3) is 0.115. The molecule has 0 radical (unpaired) electrons. The van der Waals surface area contributed by atoms with Crippen LogP contribution in [0, 0.1) is 10.1 Å². The van der Waals surface area contributed by atoms with Crippen LogP contribution in [0.1, 0.15) is 21.5 Å². The average molecular weight is 536 g/mol. The van der Waals surface area contributed by atoms with Gasteiger partial charge in [0.25, 0.3) is 17.5 Å². The van der Waals surface area contributed by atoms with E-state index in [4.69, 9.17) is 21.1 Å². The molecule has 1 aliphatic rings. The van der Waals surface area contributed by atoms with Crippen LogP contribution in [0.25, 0.3) is 6.08 Å². The van der Waals surface area contributed by atoms with Crippen molar-refractivity contribution in [3.05, 3.63) is 98.2 Å². The normalized spacial score (nSPS) is 12.3. The van der Waals surface area contributed by atoms with Gasteiger partial charge in [-0.2, -0.15) is 5.10 Å². The maximum atomic E-state index is 13.0. The maximum absolute atomic E-state index is 13.0. The van der Waals surface area contributed by atoms with Gasteiger partial charge in [-0.3, -0.25) is 19.7 Å². The maximum Gasteiger partial charge on any atom is 0.287 e. The lowest BCUT2D eigenvalue weighted by Gasteiger charge is -2.13. The Bertz CT molecular complexity index is 1450. The number of carbonyl (C=O) groups is 2. The molecule has 0 unspecified atom stereocenters. The highest BCUT2D eigenvalue weighted by Crippen LogP contribution is 2.37. The molecule has 0 saturated heterocycles. The van der Waals surface area contributed by atoms with Crippen LogP contribution in [0.3, 0.4) is 0 Å². The van der Waals surface area contributed by atoms with E-state index in [1.165, 1.54) is 24.3 Å². The lowest BCUT2D eigenvalue weighted by Crippen LogP contribution is -2.33. The smallest absolute Gasteiger partial charge is 0.287 e. The minimum Gasteiger partial charge on any atom is -0.454 e. The SMILES string of the molecule is CN(C)c1ccc(C=C(NC(=O)c2ccccc2Cl)C(=O)NN=Cc2cc3c(cc2[N+](=O)[O-])OCO3)cc1. The number of halogens is 1. The number of rotatable bonds is 8. The zero-order valence-electron chi connectivity index (χ0n) is 20.3. The molecule has 1 heterocycles. The van der Waals surface area contributed by atoms with Gasteiger partial charge in [-0.15, -0.1) is 0 Å². The number of benzene rings is 3. The summed E-state index contributed by atoms with van der Waals surface area (Å²) >= 11 is 6.14. The number of nitro benzene ring substituents is 1. The highest BCUT2D eigenvalue weighted by molar-refractivity contribution is 6.34. The third kappa shape index (κ3) is 6.08. The molecular formula is C26H22ClN5O6. The molecule has 0 atom stereocenters. The number of nitrogens with one attached hydrogen (secondary N) is 2. The topological polar surface area (TPSA) is 135 Å². The molecule has 1 aliphatic heterocycles. The molecular weight excluding hydrogens is 514 g/mol. The second-order valence-electron chi connectivity index (χ2n) is 8.20. The van der Waals surface area contributed by atoms with Gasteiger partial charge in [0.15, 0.2) is 11.5 Å². The highest BCUT2D eigenvalue weighted by atomic mass is 35.5. The zero-order valence-corrected chi connectivity index (χ0v) is 21.1. The summed E-state index contributed by atoms with van der Waals surface area (Å²) < 4.78 is 10.4. The third-order valence-corrected chi connectivity index (χ3v) is 5.75. The third-order valence-electron chi connectivity index (χ3n) is 5.42. The van der Waals surface area contributed by atoms with Gasteiger partial charge >= 0.3 is 0 Å². The summed E-state index contributed by atoms with van der Waals surface area (Å²) in [6.07, 6.45) is 2.58. The van der Waals surface area contributed by atoms with Crippen LogP contribution in [0.5, 0.6) is 11.5 Å². The van der Waals surface area contributed by atoms with Gasteiger partial charge in [0.05, 0.1) is 33.4 Å². The van der Waals surface area contributed by atoms with Gasteiger partial charge in [-0.25, -0.2) is 5.43 Å². The molecule has 194 valence electrons. The first-order valence-electron chi connectivity index (χ1n) is 11.2. The Balaban J connectivity index is 1.59. The number of nitrogens with zero attached hydrogens (tertiary/aromatic N) is 3. The van der Waals surface area contributed by atoms with Crippen molar-refractivity contribution in [1.82, 2.24) is 10.7 Å². The van der Waals surface area contributed by atoms with Crippen LogP contribution in [-0.2, 0) is 4.79 Å². The molecule has 0 fully saturated rings. The van der Waals surface area contributed by atoms with E-state index in [1.807, 2.05) is 31.1 Å². The predicted molar refractivity (Wildman–Crippen MR) is 143 cm³/mol. The molecule has 11 nitrogen and oxygen atoms in total. The fourth-order valence-corrected chi connectivity index (χ4v) is 3.68. The summed E-state index contributed by atoms with van der Waals surface area (Å²) in [4.78, 5) is 38.7. The van der Waals surface area contributed by atoms with Crippen LogP contribution in [-0.4, -0.2) is 43.8 Å². The second-order valence-corrected chi connectivity index (χ2v) is 8.61. The van der Waals surface area contributed by atoms with Crippen molar-refractivity contribution in [3.63, 3.8) is 0 Å². The molecule has 0 spiro atoms. The Labute approximate surface area is 222 Å². The molecule has 0 bridgehead atoms. The lowest BCUT2D eigenvalue weighted by molar-refractivity contribution is -0.385. The summed E-state index contributed by atoms with van der Waals surface area (Å²) in [5, 5.41) is 18.1. The van der Waals surface area contributed by atoms with Crippen molar-refractivity contribution >= 4 is 47.1 Å². The molecule has 0 saturated carbocycles. The highest BCUT2D eigenvalue weighted by Gasteiger charge is 2.23. The van der Waals surface area contributed by atoms with E-state index >= 15 is 0 Å². The number of carbonyl (C=O) groups excluding carboxylic acids is 2. The number of fused-ring (bicyclic) bond motifs is 1. The van der Waals surface area contributed by atoms with Gasteiger partial charge in [0, 0.05) is 19.8 Å². The number of anilines is 1. The molecule has 3 aromatic carbocycles. The van der Waals surface area contributed by atoms with Gasteiger partial charge in [0.2, 0.25) is 6.79 Å². The van der Waals surface area contributed by atoms with E-state index < -0.39 is 16.7 Å². The van der Waals surface area contributed by atoms with Gasteiger partial charge in [0.1, 0.15) is 5.70 Å². The number of hydrogen-bond acceptors (Lipinski definition) is 8. The van der Waals surface area contributed by atoms with Gasteiger partial charge < -0.3 is 19.7 Å². The predicted octanol–water partition coefficient (Wildman–Crippen LogP) is 3.96. The van der Waals surface area contributed by atoms with Crippen LogP contribution in [0.15, 0.2) is 71.5 Å². The summed E-state index contributed by atoms with van der Waals surface area (Å²) in [5.74, 6) is -0.804. The zero-order chi connectivity index (χ0) is 27.2. The van der Waals surface area contributed by atoms with Gasteiger partial charge in [-0.1, -0.05) is 35.9 Å². The van der Waals surface area contributed by atoms with Crippen LogP contribution >= 0.6 is 11.6 Å². The minimum absolute atomic E-state index is 0.0569. The molecule has 0 aromatic heterocycles. The minimum atomic E-state index is -0.762. The monoisotopic (exact) mass is 535 g/mol. The Morgan fingerprint density at radius 2 is 1.76 bits per heavy atom. The van der Waals surface area contributed by atoms with E-state index in [0.29, 0.717) is 11.3 Å². The first kappa shape index (κ1) is 26.2. The average Bonchev–Trinajstić information content (AvgIpc) is 3.35. The Morgan fingerprint density at radius 1 is 1.08 bits per heavy atom. The summed E-state index contributed by atoms with van der Waals surface area (Å²) in [6.45, 7) is -0.0569. The van der Waals surface area contributed by atoms with Crippen molar-refractivity contribution in [3.8, 4) is 11.5 Å². The van der Waals surface area contributed by atoms with Crippen LogP contribution < -0.4 is 25.1 Å². The number of ether oxygens (including phenoxy) is 2. The summed E-state index contributed by atoms with van der Waals surface area (Å²) in [6, 6.07) is 16.3. The van der Waals surface area contributed by atoms with Crippen molar-refractivity contribution < 1.29 is 24.0 Å². The Morgan fingerprint density at radius 3 is 2.42 bits per heavy atom. The first-order valence-corrected chi connectivity index (χ1v) is 11.6. The van der Waals surface area contributed by atoms with Crippen LogP contribution in [0.4, 0.5) is 11.4 Å². The number of hydrogen-bond donors (Lipinski definition) is 2. The molecule has 2 amide bonds. The quantitative estimate of drug-likeness (QED) is 0.193. The fourth-order valence-electron chi connectivity index (χ4n) is 3.46. The van der Waals surface area contributed by atoms with Crippen molar-refractivity contribution in [1.29, 1.82) is 0 Å². The van der Waals surface area contributed by atoms with Gasteiger partial charge in [-0.05, 0) is 42.0 Å². The number of hydrazone groups is 1. The largest absolute Gasteiger partial charge is 0.454 e. The number of nitro groups is 1. The standard InChI is InChI=1S/C26H22ClN5O6/c1-31(2)18-9-7-16(8-10-18)11-21(29-25(33)19-5-3-4-6-20(19)27)26(34)30-28-14-17-12-23-24(38-15-37-23)13-22(17)32(35)36/h3-14H,15H2,1-2H3,(H,29,33)(H,30,34). The molecule has 2 N–H and O–H groups in total. The number of amides is 2. The molecule has 3 aromatic rings.